The highest BCUT2D eigenvalue weighted by atomic mass is 19.4. The van der Waals surface area contributed by atoms with Crippen LogP contribution in [0.15, 0.2) is 79.0 Å². The molecule has 38 heavy (non-hydrogen) atoms. The molecule has 1 aliphatic rings. The lowest BCUT2D eigenvalue weighted by Crippen LogP contribution is -2.32. The van der Waals surface area contributed by atoms with E-state index in [0.29, 0.717) is 5.92 Å². The molecule has 4 nitrogen and oxygen atoms in total. The Morgan fingerprint density at radius 3 is 2.45 bits per heavy atom. The van der Waals surface area contributed by atoms with E-state index in [4.69, 9.17) is 0 Å². The van der Waals surface area contributed by atoms with Crippen molar-refractivity contribution in [3.63, 3.8) is 0 Å². The molecule has 1 saturated heterocycles. The van der Waals surface area contributed by atoms with Crippen LogP contribution in [0.5, 0.6) is 0 Å². The Morgan fingerprint density at radius 2 is 1.71 bits per heavy atom. The van der Waals surface area contributed by atoms with Crippen molar-refractivity contribution in [1.82, 2.24) is 9.47 Å². The van der Waals surface area contributed by atoms with Crippen molar-refractivity contribution in [1.29, 1.82) is 0 Å². The van der Waals surface area contributed by atoms with Gasteiger partial charge in [-0.25, -0.2) is 0 Å². The summed E-state index contributed by atoms with van der Waals surface area (Å²) >= 11 is 0. The van der Waals surface area contributed by atoms with E-state index in [1.165, 1.54) is 17.7 Å². The van der Waals surface area contributed by atoms with Crippen LogP contribution in [0.25, 0.3) is 16.6 Å². The van der Waals surface area contributed by atoms with Gasteiger partial charge in [0.1, 0.15) is 0 Å². The Kier molecular flexibility index (Phi) is 7.30. The molecular formula is C31H32F3N3O. The minimum atomic E-state index is -4.42. The van der Waals surface area contributed by atoms with Crippen molar-refractivity contribution < 1.29 is 18.0 Å². The number of nitrogens with zero attached hydrogens (tertiary/aromatic N) is 2. The first-order valence-corrected chi connectivity index (χ1v) is 13.1. The summed E-state index contributed by atoms with van der Waals surface area (Å²) in [6.45, 7) is 6.37. The number of likely N-dealkylation sites (tertiary alicyclic amines) is 1. The summed E-state index contributed by atoms with van der Waals surface area (Å²) in [5.74, 6) is 0.377. The zero-order valence-electron chi connectivity index (χ0n) is 21.6. The van der Waals surface area contributed by atoms with Gasteiger partial charge < -0.3 is 9.88 Å². The molecule has 1 amide bonds. The maximum Gasteiger partial charge on any atom is 0.418 e. The van der Waals surface area contributed by atoms with Gasteiger partial charge in [0.15, 0.2) is 0 Å². The van der Waals surface area contributed by atoms with Crippen LogP contribution >= 0.6 is 0 Å². The fourth-order valence-corrected chi connectivity index (χ4v) is 5.32. The van der Waals surface area contributed by atoms with Crippen molar-refractivity contribution >= 4 is 22.5 Å². The molecule has 1 aromatic heterocycles. The van der Waals surface area contributed by atoms with Gasteiger partial charge >= 0.3 is 6.18 Å². The lowest BCUT2D eigenvalue weighted by atomic mass is 9.89. The minimum Gasteiger partial charge on any atom is -0.326 e. The van der Waals surface area contributed by atoms with Gasteiger partial charge in [-0.1, -0.05) is 50.2 Å². The molecule has 1 fully saturated rings. The molecule has 0 bridgehead atoms. The van der Waals surface area contributed by atoms with E-state index < -0.39 is 11.7 Å². The van der Waals surface area contributed by atoms with Crippen molar-refractivity contribution in [2.45, 2.75) is 45.3 Å². The molecule has 198 valence electrons. The van der Waals surface area contributed by atoms with Crippen molar-refractivity contribution in [2.75, 3.05) is 18.4 Å². The largest absolute Gasteiger partial charge is 0.418 e. The Labute approximate surface area is 221 Å². The highest BCUT2D eigenvalue weighted by Crippen LogP contribution is 2.36. The topological polar surface area (TPSA) is 37.3 Å². The first kappa shape index (κ1) is 26.0. The Hall–Kier alpha value is -3.58. The van der Waals surface area contributed by atoms with E-state index in [1.807, 2.05) is 44.2 Å². The average Bonchev–Trinajstić information content (AvgIpc) is 3.34. The first-order chi connectivity index (χ1) is 18.2. The van der Waals surface area contributed by atoms with Crippen LogP contribution in [0.1, 0.15) is 49.3 Å². The first-order valence-electron chi connectivity index (χ1n) is 13.1. The molecule has 0 spiro atoms. The van der Waals surface area contributed by atoms with E-state index in [-0.39, 0.29) is 17.5 Å². The van der Waals surface area contributed by atoms with Gasteiger partial charge in [-0.15, -0.1) is 0 Å². The number of hydrogen-bond acceptors (Lipinski definition) is 2. The molecule has 0 radical (unpaired) electrons. The van der Waals surface area contributed by atoms with E-state index in [1.54, 1.807) is 16.8 Å². The van der Waals surface area contributed by atoms with Gasteiger partial charge in [-0.3, -0.25) is 9.69 Å². The highest BCUT2D eigenvalue weighted by molar-refractivity contribution is 5.92. The third kappa shape index (κ3) is 5.48. The van der Waals surface area contributed by atoms with Gasteiger partial charge in [0, 0.05) is 29.7 Å². The summed E-state index contributed by atoms with van der Waals surface area (Å²) in [6, 6.07) is 21.6. The Balaban J connectivity index is 1.29. The van der Waals surface area contributed by atoms with E-state index >= 15 is 0 Å². The lowest BCUT2D eigenvalue weighted by Gasteiger charge is -2.32. The second-order valence-corrected chi connectivity index (χ2v) is 10.4. The number of piperidine rings is 1. The number of alkyl halides is 3. The second kappa shape index (κ2) is 10.7. The summed E-state index contributed by atoms with van der Waals surface area (Å²) in [4.78, 5) is 14.5. The predicted octanol–water partition coefficient (Wildman–Crippen LogP) is 7.62. The van der Waals surface area contributed by atoms with Crippen LogP contribution in [0.3, 0.4) is 0 Å². The van der Waals surface area contributed by atoms with Crippen LogP contribution < -0.4 is 5.32 Å². The quantitative estimate of drug-likeness (QED) is 0.284. The fourth-order valence-electron chi connectivity index (χ4n) is 5.32. The highest BCUT2D eigenvalue weighted by Gasteiger charge is 2.34. The lowest BCUT2D eigenvalue weighted by molar-refractivity contribution is -0.137. The number of carbonyl (C=O) groups is 1. The molecule has 0 aliphatic carbocycles. The van der Waals surface area contributed by atoms with Crippen LogP contribution in [0.4, 0.5) is 18.9 Å². The Morgan fingerprint density at radius 1 is 0.974 bits per heavy atom. The van der Waals surface area contributed by atoms with Crippen molar-refractivity contribution in [3.05, 3.63) is 95.7 Å². The number of aromatic nitrogens is 1. The summed E-state index contributed by atoms with van der Waals surface area (Å²) in [7, 11) is 0. The normalized spacial score (nSPS) is 15.3. The molecular weight excluding hydrogens is 487 g/mol. The summed E-state index contributed by atoms with van der Waals surface area (Å²) in [5, 5.41) is 3.96. The molecule has 2 heterocycles. The van der Waals surface area contributed by atoms with Crippen LogP contribution in [0, 0.1) is 5.92 Å². The van der Waals surface area contributed by atoms with Crippen LogP contribution in [-0.4, -0.2) is 28.5 Å². The maximum absolute atomic E-state index is 13.7. The molecule has 1 aliphatic heterocycles. The van der Waals surface area contributed by atoms with Crippen molar-refractivity contribution in [2.24, 2.45) is 5.92 Å². The molecule has 0 saturated carbocycles. The van der Waals surface area contributed by atoms with E-state index in [0.717, 1.165) is 60.7 Å². The van der Waals surface area contributed by atoms with Gasteiger partial charge in [0.25, 0.3) is 0 Å². The minimum absolute atomic E-state index is 0.0156. The molecule has 7 heteroatoms. The number of para-hydroxylation sites is 1. The monoisotopic (exact) mass is 519 g/mol. The maximum atomic E-state index is 13.7. The van der Waals surface area contributed by atoms with Crippen LogP contribution in [-0.2, 0) is 17.5 Å². The molecule has 0 unspecified atom stereocenters. The van der Waals surface area contributed by atoms with E-state index in [9.17, 15) is 18.0 Å². The number of nitrogens with one attached hydrogen (secondary N) is 1. The number of benzene rings is 3. The standard InChI is InChI=1S/C31H32F3N3O/c1-21(2)30(38)35-25-9-5-7-23(19-25)22-13-16-36(17-14-22)20-24-8-6-12-28-26(24)15-18-37(28)29-11-4-3-10-27(29)31(32,33)34/h3-12,15,18-19,21-22H,13-14,16-17,20H2,1-2H3,(H,35,38). The van der Waals surface area contributed by atoms with Gasteiger partial charge in [-0.05, 0) is 79.4 Å². The number of halogens is 3. The second-order valence-electron chi connectivity index (χ2n) is 10.4. The zero-order chi connectivity index (χ0) is 26.9. The molecule has 1 N–H and O–H groups in total. The number of fused-ring (bicyclic) bond motifs is 1. The molecule has 3 aromatic carbocycles. The van der Waals surface area contributed by atoms with E-state index in [2.05, 4.69) is 28.4 Å². The third-order valence-corrected chi connectivity index (χ3v) is 7.42. The van der Waals surface area contributed by atoms with Gasteiger partial charge in [0.05, 0.1) is 16.8 Å². The predicted molar refractivity (Wildman–Crippen MR) is 145 cm³/mol. The van der Waals surface area contributed by atoms with Gasteiger partial charge in [-0.2, -0.15) is 13.2 Å². The van der Waals surface area contributed by atoms with Crippen LogP contribution in [0.2, 0.25) is 0 Å². The van der Waals surface area contributed by atoms with Gasteiger partial charge in [0.2, 0.25) is 5.91 Å². The number of amides is 1. The number of anilines is 1. The summed E-state index contributed by atoms with van der Waals surface area (Å²) in [5.41, 5.74) is 3.47. The smallest absolute Gasteiger partial charge is 0.326 e. The Bertz CT molecular complexity index is 1430. The average molecular weight is 520 g/mol. The SMILES string of the molecule is CC(C)C(=O)Nc1cccc(C2CCN(Cc3cccc4c3ccn4-c3ccccc3C(F)(F)F)CC2)c1. The summed E-state index contributed by atoms with van der Waals surface area (Å²) < 4.78 is 42.6. The zero-order valence-corrected chi connectivity index (χ0v) is 21.6. The summed E-state index contributed by atoms with van der Waals surface area (Å²) in [6.07, 6.45) is -0.667. The molecule has 4 aromatic rings. The molecule has 0 atom stereocenters. The fraction of sp³-hybridized carbons (Fsp3) is 0.323. The van der Waals surface area contributed by atoms with Crippen molar-refractivity contribution in [3.8, 4) is 5.69 Å². The number of rotatable bonds is 6. The number of hydrogen-bond donors (Lipinski definition) is 1. The third-order valence-electron chi connectivity index (χ3n) is 7.42. The number of carbonyl (C=O) groups excluding carboxylic acids is 1. The molecule has 5 rings (SSSR count).